The Hall–Kier alpha value is -3.47. The van der Waals surface area contributed by atoms with Crippen molar-refractivity contribution in [2.24, 2.45) is 0 Å². The summed E-state index contributed by atoms with van der Waals surface area (Å²) < 4.78 is 13.4. The summed E-state index contributed by atoms with van der Waals surface area (Å²) in [5, 5.41) is 2.70. The fourth-order valence-corrected chi connectivity index (χ4v) is 3.61. The molecule has 2 amide bonds. The van der Waals surface area contributed by atoms with Gasteiger partial charge in [0.1, 0.15) is 11.9 Å². The smallest absolute Gasteiger partial charge is 0.242 e. The van der Waals surface area contributed by atoms with E-state index in [9.17, 15) is 14.0 Å². The van der Waals surface area contributed by atoms with Gasteiger partial charge in [-0.05, 0) is 35.7 Å². The molecule has 0 saturated heterocycles. The first-order valence-corrected chi connectivity index (χ1v) is 10.3. The third-order valence-electron chi connectivity index (χ3n) is 5.22. The number of aryl methyl sites for hydroxylation is 1. The summed E-state index contributed by atoms with van der Waals surface area (Å²) in [4.78, 5) is 27.9. The van der Waals surface area contributed by atoms with Crippen molar-refractivity contribution in [1.82, 2.24) is 10.2 Å². The lowest BCUT2D eigenvalue weighted by atomic mass is 10.0. The van der Waals surface area contributed by atoms with Crippen molar-refractivity contribution in [3.8, 4) is 0 Å². The predicted octanol–water partition coefficient (Wildman–Crippen LogP) is 4.06. The van der Waals surface area contributed by atoms with Gasteiger partial charge in [0.2, 0.25) is 11.8 Å². The van der Waals surface area contributed by atoms with Crippen LogP contribution in [0.15, 0.2) is 78.9 Å². The molecule has 3 aromatic rings. The molecule has 31 heavy (non-hydrogen) atoms. The van der Waals surface area contributed by atoms with Crippen molar-refractivity contribution in [1.29, 1.82) is 0 Å². The molecule has 0 unspecified atom stereocenters. The van der Waals surface area contributed by atoms with Crippen molar-refractivity contribution in [3.05, 3.63) is 107 Å². The first kappa shape index (κ1) is 22.2. The topological polar surface area (TPSA) is 49.4 Å². The number of rotatable bonds is 8. The molecule has 160 valence electrons. The molecule has 1 atom stereocenters. The van der Waals surface area contributed by atoms with Gasteiger partial charge in [0.05, 0.1) is 6.42 Å². The molecule has 0 bridgehead atoms. The highest BCUT2D eigenvalue weighted by Gasteiger charge is 2.29. The molecule has 0 saturated carbocycles. The zero-order valence-electron chi connectivity index (χ0n) is 17.8. The highest BCUT2D eigenvalue weighted by molar-refractivity contribution is 5.88. The zero-order chi connectivity index (χ0) is 22.2. The summed E-state index contributed by atoms with van der Waals surface area (Å²) in [6.07, 6.45) is 0.576. The van der Waals surface area contributed by atoms with Gasteiger partial charge >= 0.3 is 0 Å². The molecule has 0 heterocycles. The van der Waals surface area contributed by atoms with Crippen LogP contribution in [-0.4, -0.2) is 29.8 Å². The summed E-state index contributed by atoms with van der Waals surface area (Å²) >= 11 is 0. The monoisotopic (exact) mass is 418 g/mol. The van der Waals surface area contributed by atoms with E-state index >= 15 is 0 Å². The number of hydrogen-bond acceptors (Lipinski definition) is 2. The highest BCUT2D eigenvalue weighted by atomic mass is 19.1. The van der Waals surface area contributed by atoms with Gasteiger partial charge in [-0.2, -0.15) is 0 Å². The molecule has 0 aliphatic rings. The summed E-state index contributed by atoms with van der Waals surface area (Å²) in [5.41, 5.74) is 3.69. The quantitative estimate of drug-likeness (QED) is 0.600. The van der Waals surface area contributed by atoms with Crippen molar-refractivity contribution in [2.75, 3.05) is 7.05 Å². The van der Waals surface area contributed by atoms with Crippen LogP contribution in [0, 0.1) is 12.7 Å². The zero-order valence-corrected chi connectivity index (χ0v) is 17.8. The Morgan fingerprint density at radius 1 is 0.903 bits per heavy atom. The van der Waals surface area contributed by atoms with Crippen LogP contribution in [0.4, 0.5) is 4.39 Å². The van der Waals surface area contributed by atoms with E-state index in [-0.39, 0.29) is 30.6 Å². The second kappa shape index (κ2) is 10.5. The lowest BCUT2D eigenvalue weighted by molar-refractivity contribution is -0.140. The molecule has 0 aromatic heterocycles. The maximum Gasteiger partial charge on any atom is 0.242 e. The number of hydrogen-bond donors (Lipinski definition) is 1. The normalized spacial score (nSPS) is 11.6. The van der Waals surface area contributed by atoms with Crippen LogP contribution >= 0.6 is 0 Å². The minimum atomic E-state index is -0.685. The Labute approximate surface area is 182 Å². The van der Waals surface area contributed by atoms with E-state index in [1.165, 1.54) is 12.1 Å². The summed E-state index contributed by atoms with van der Waals surface area (Å²) in [7, 11) is 1.57. The minimum Gasteiger partial charge on any atom is -0.357 e. The van der Waals surface area contributed by atoms with E-state index in [2.05, 4.69) is 5.32 Å². The lowest BCUT2D eigenvalue weighted by Crippen LogP contribution is -2.50. The molecule has 5 heteroatoms. The Kier molecular flexibility index (Phi) is 7.55. The van der Waals surface area contributed by atoms with Crippen LogP contribution in [0.2, 0.25) is 0 Å². The number of carbonyl (C=O) groups excluding carboxylic acids is 2. The van der Waals surface area contributed by atoms with Crippen LogP contribution in [0.5, 0.6) is 0 Å². The molecule has 0 aliphatic carbocycles. The van der Waals surface area contributed by atoms with Gasteiger partial charge in [0.25, 0.3) is 0 Å². The molecule has 0 radical (unpaired) electrons. The number of amides is 2. The number of likely N-dealkylation sites (N-methyl/N-ethyl adjacent to an activating group) is 1. The molecular weight excluding hydrogens is 391 g/mol. The average molecular weight is 419 g/mol. The molecule has 3 rings (SSSR count). The highest BCUT2D eigenvalue weighted by Crippen LogP contribution is 2.17. The van der Waals surface area contributed by atoms with E-state index in [1.54, 1.807) is 24.1 Å². The second-order valence-corrected chi connectivity index (χ2v) is 7.63. The van der Waals surface area contributed by atoms with Gasteiger partial charge in [-0.15, -0.1) is 0 Å². The molecular formula is C26H27FN2O2. The third kappa shape index (κ3) is 6.25. The van der Waals surface area contributed by atoms with Crippen molar-refractivity contribution in [2.45, 2.75) is 32.4 Å². The minimum absolute atomic E-state index is 0.153. The third-order valence-corrected chi connectivity index (χ3v) is 5.22. The van der Waals surface area contributed by atoms with Crippen LogP contribution in [-0.2, 0) is 29.0 Å². The fraction of sp³-hybridized carbons (Fsp3) is 0.231. The first-order chi connectivity index (χ1) is 15.0. The van der Waals surface area contributed by atoms with Gasteiger partial charge in [-0.3, -0.25) is 9.59 Å². The Bertz CT molecular complexity index is 1020. The Morgan fingerprint density at radius 2 is 1.58 bits per heavy atom. The van der Waals surface area contributed by atoms with Gasteiger partial charge in [0.15, 0.2) is 0 Å². The van der Waals surface area contributed by atoms with E-state index in [0.29, 0.717) is 6.42 Å². The van der Waals surface area contributed by atoms with Crippen LogP contribution < -0.4 is 5.32 Å². The standard InChI is InChI=1S/C26H27FN2O2/c1-19-7-6-10-22(15-19)17-25(30)29(18-21-11-13-23(27)14-12-21)24(26(31)28-2)16-20-8-4-3-5-9-20/h3-15,24H,16-18H2,1-2H3,(H,28,31)/t24-/m0/s1. The van der Waals surface area contributed by atoms with Gasteiger partial charge in [0, 0.05) is 20.0 Å². The van der Waals surface area contributed by atoms with E-state index in [0.717, 1.165) is 22.3 Å². The molecule has 3 aromatic carbocycles. The molecule has 4 nitrogen and oxygen atoms in total. The van der Waals surface area contributed by atoms with Gasteiger partial charge in [-0.1, -0.05) is 72.3 Å². The number of benzene rings is 3. The van der Waals surface area contributed by atoms with Crippen molar-refractivity contribution < 1.29 is 14.0 Å². The number of nitrogens with zero attached hydrogens (tertiary/aromatic N) is 1. The fourth-order valence-electron chi connectivity index (χ4n) is 3.61. The van der Waals surface area contributed by atoms with Crippen LogP contribution in [0.3, 0.4) is 0 Å². The average Bonchev–Trinajstić information content (AvgIpc) is 2.77. The van der Waals surface area contributed by atoms with E-state index in [4.69, 9.17) is 0 Å². The number of halogens is 1. The summed E-state index contributed by atoms with van der Waals surface area (Å²) in [5.74, 6) is -0.725. The summed E-state index contributed by atoms with van der Waals surface area (Å²) in [6.45, 7) is 2.20. The number of carbonyl (C=O) groups is 2. The largest absolute Gasteiger partial charge is 0.357 e. The summed E-state index contributed by atoms with van der Waals surface area (Å²) in [6, 6.07) is 22.7. The number of nitrogens with one attached hydrogen (secondary N) is 1. The van der Waals surface area contributed by atoms with Crippen molar-refractivity contribution in [3.63, 3.8) is 0 Å². The Balaban J connectivity index is 1.93. The predicted molar refractivity (Wildman–Crippen MR) is 120 cm³/mol. The van der Waals surface area contributed by atoms with E-state index < -0.39 is 6.04 Å². The maximum absolute atomic E-state index is 13.4. The molecule has 1 N–H and O–H groups in total. The van der Waals surface area contributed by atoms with Gasteiger partial charge < -0.3 is 10.2 Å². The Morgan fingerprint density at radius 3 is 2.23 bits per heavy atom. The van der Waals surface area contributed by atoms with Gasteiger partial charge in [-0.25, -0.2) is 4.39 Å². The van der Waals surface area contributed by atoms with Crippen LogP contribution in [0.25, 0.3) is 0 Å². The second-order valence-electron chi connectivity index (χ2n) is 7.63. The van der Waals surface area contributed by atoms with Crippen LogP contribution in [0.1, 0.15) is 22.3 Å². The van der Waals surface area contributed by atoms with Crippen molar-refractivity contribution >= 4 is 11.8 Å². The first-order valence-electron chi connectivity index (χ1n) is 10.3. The molecule has 0 spiro atoms. The van der Waals surface area contributed by atoms with E-state index in [1.807, 2.05) is 61.5 Å². The molecule has 0 fully saturated rings. The lowest BCUT2D eigenvalue weighted by Gasteiger charge is -2.31. The molecule has 0 aliphatic heterocycles. The maximum atomic E-state index is 13.4. The SMILES string of the molecule is CNC(=O)[C@H](Cc1ccccc1)N(Cc1ccc(F)cc1)C(=O)Cc1cccc(C)c1.